The molecule has 28 heavy (non-hydrogen) atoms. The Morgan fingerprint density at radius 3 is 2.29 bits per heavy atom. The molecule has 0 heterocycles. The van der Waals surface area contributed by atoms with Gasteiger partial charge in [-0.1, -0.05) is 18.2 Å². The Balaban J connectivity index is 1.77. The van der Waals surface area contributed by atoms with Gasteiger partial charge in [0.05, 0.1) is 12.9 Å². The van der Waals surface area contributed by atoms with Crippen LogP contribution in [-0.4, -0.2) is 39.1 Å². The maximum absolute atomic E-state index is 12.4. The first-order chi connectivity index (χ1) is 13.2. The second kappa shape index (κ2) is 9.89. The third-order valence-corrected chi connectivity index (χ3v) is 4.29. The van der Waals surface area contributed by atoms with Gasteiger partial charge in [-0.25, -0.2) is 8.42 Å². The van der Waals surface area contributed by atoms with E-state index in [0.717, 1.165) is 12.0 Å². The minimum atomic E-state index is -3.39. The SMILES string of the molecule is C[C@H](OC(=O)CCCOc1ccccc1)C(=O)c1ccc(NS(C)(=O)=O)cc1. The zero-order chi connectivity index (χ0) is 20.6. The standard InChI is InChI=1S/C20H23NO6S/c1-15(20(23)16-10-12-17(13-11-16)21-28(2,24)25)27-19(22)9-6-14-26-18-7-4-3-5-8-18/h3-5,7-8,10-13,15,21H,6,9,14H2,1-2H3/t15-/m0/s1. The van der Waals surface area contributed by atoms with Gasteiger partial charge >= 0.3 is 5.97 Å². The monoisotopic (exact) mass is 405 g/mol. The first-order valence-electron chi connectivity index (χ1n) is 8.74. The van der Waals surface area contributed by atoms with E-state index in [2.05, 4.69) is 4.72 Å². The maximum Gasteiger partial charge on any atom is 0.306 e. The molecule has 1 N–H and O–H groups in total. The molecule has 0 aliphatic heterocycles. The first kappa shape index (κ1) is 21.4. The van der Waals surface area contributed by atoms with Crippen LogP contribution in [-0.2, 0) is 19.6 Å². The molecule has 0 unspecified atom stereocenters. The smallest absolute Gasteiger partial charge is 0.306 e. The molecule has 2 aromatic carbocycles. The molecule has 2 rings (SSSR count). The van der Waals surface area contributed by atoms with Gasteiger partial charge in [-0.2, -0.15) is 0 Å². The quantitative estimate of drug-likeness (QED) is 0.371. The van der Waals surface area contributed by atoms with E-state index in [1.165, 1.54) is 31.2 Å². The summed E-state index contributed by atoms with van der Waals surface area (Å²) in [7, 11) is -3.39. The molecule has 0 spiro atoms. The van der Waals surface area contributed by atoms with Crippen LogP contribution in [0.3, 0.4) is 0 Å². The zero-order valence-electron chi connectivity index (χ0n) is 15.8. The van der Waals surface area contributed by atoms with Crippen molar-refractivity contribution in [1.29, 1.82) is 0 Å². The minimum absolute atomic E-state index is 0.141. The number of sulfonamides is 1. The van der Waals surface area contributed by atoms with Crippen LogP contribution >= 0.6 is 0 Å². The highest BCUT2D eigenvalue weighted by Gasteiger charge is 2.19. The molecule has 7 nitrogen and oxygen atoms in total. The van der Waals surface area contributed by atoms with Gasteiger partial charge in [-0.15, -0.1) is 0 Å². The average molecular weight is 405 g/mol. The lowest BCUT2D eigenvalue weighted by Crippen LogP contribution is -2.24. The van der Waals surface area contributed by atoms with E-state index in [1.807, 2.05) is 30.3 Å². The van der Waals surface area contributed by atoms with Gasteiger partial charge in [0.1, 0.15) is 5.75 Å². The third-order valence-electron chi connectivity index (χ3n) is 3.69. The van der Waals surface area contributed by atoms with E-state index >= 15 is 0 Å². The summed E-state index contributed by atoms with van der Waals surface area (Å²) in [6, 6.07) is 15.2. The lowest BCUT2D eigenvalue weighted by molar-refractivity contribution is -0.146. The highest BCUT2D eigenvalue weighted by molar-refractivity contribution is 7.92. The van der Waals surface area contributed by atoms with Gasteiger partial charge in [-0.3, -0.25) is 14.3 Å². The fraction of sp³-hybridized carbons (Fsp3) is 0.300. The number of benzene rings is 2. The average Bonchev–Trinajstić information content (AvgIpc) is 2.65. The summed E-state index contributed by atoms with van der Waals surface area (Å²) in [6.07, 6.45) is 0.719. The molecular formula is C20H23NO6S. The van der Waals surface area contributed by atoms with Crippen molar-refractivity contribution < 1.29 is 27.5 Å². The highest BCUT2D eigenvalue weighted by atomic mass is 32.2. The van der Waals surface area contributed by atoms with Crippen molar-refractivity contribution in [3.63, 3.8) is 0 Å². The van der Waals surface area contributed by atoms with Crippen LogP contribution in [0.1, 0.15) is 30.1 Å². The minimum Gasteiger partial charge on any atom is -0.494 e. The predicted molar refractivity (Wildman–Crippen MR) is 106 cm³/mol. The molecule has 8 heteroatoms. The number of para-hydroxylation sites is 1. The van der Waals surface area contributed by atoms with Crippen LogP contribution < -0.4 is 9.46 Å². The highest BCUT2D eigenvalue weighted by Crippen LogP contribution is 2.14. The summed E-state index contributed by atoms with van der Waals surface area (Å²) in [5.41, 5.74) is 0.675. The van der Waals surface area contributed by atoms with E-state index in [1.54, 1.807) is 0 Å². The Hall–Kier alpha value is -2.87. The number of carbonyl (C=O) groups is 2. The molecule has 0 aliphatic carbocycles. The fourth-order valence-corrected chi connectivity index (χ4v) is 2.95. The van der Waals surface area contributed by atoms with E-state index < -0.39 is 22.1 Å². The number of carbonyl (C=O) groups excluding carboxylic acids is 2. The predicted octanol–water partition coefficient (Wildman–Crippen LogP) is 3.03. The Morgan fingerprint density at radius 1 is 1.04 bits per heavy atom. The second-order valence-corrected chi connectivity index (χ2v) is 7.96. The van der Waals surface area contributed by atoms with Crippen LogP contribution in [0.4, 0.5) is 5.69 Å². The first-order valence-corrected chi connectivity index (χ1v) is 10.6. The van der Waals surface area contributed by atoms with E-state index in [0.29, 0.717) is 24.3 Å². The number of nitrogens with one attached hydrogen (secondary N) is 1. The number of esters is 1. The van der Waals surface area contributed by atoms with Gasteiger partial charge in [0.15, 0.2) is 6.10 Å². The Kier molecular flexibility index (Phi) is 7.57. The summed E-state index contributed by atoms with van der Waals surface area (Å²) < 4.78 is 35.4. The summed E-state index contributed by atoms with van der Waals surface area (Å²) in [4.78, 5) is 24.3. The molecule has 0 radical (unpaired) electrons. The van der Waals surface area contributed by atoms with Crippen molar-refractivity contribution in [2.24, 2.45) is 0 Å². The largest absolute Gasteiger partial charge is 0.494 e. The van der Waals surface area contributed by atoms with Crippen LogP contribution in [0.5, 0.6) is 5.75 Å². The Morgan fingerprint density at radius 2 is 1.68 bits per heavy atom. The lowest BCUT2D eigenvalue weighted by Gasteiger charge is -2.13. The van der Waals surface area contributed by atoms with Gasteiger partial charge in [-0.05, 0) is 49.7 Å². The second-order valence-electron chi connectivity index (χ2n) is 6.21. The molecule has 2 aromatic rings. The van der Waals surface area contributed by atoms with Crippen molar-refractivity contribution in [2.45, 2.75) is 25.9 Å². The van der Waals surface area contributed by atoms with Crippen molar-refractivity contribution in [1.82, 2.24) is 0 Å². The van der Waals surface area contributed by atoms with Crippen molar-refractivity contribution in [3.05, 3.63) is 60.2 Å². The Bertz CT molecular complexity index is 894. The maximum atomic E-state index is 12.4. The summed E-state index contributed by atoms with van der Waals surface area (Å²) in [6.45, 7) is 1.87. The van der Waals surface area contributed by atoms with Crippen LogP contribution in [0.2, 0.25) is 0 Å². The van der Waals surface area contributed by atoms with Crippen molar-refractivity contribution in [2.75, 3.05) is 17.6 Å². The molecule has 0 saturated carbocycles. The summed E-state index contributed by atoms with van der Waals surface area (Å²) in [5, 5.41) is 0. The molecule has 0 amide bonds. The van der Waals surface area contributed by atoms with Crippen molar-refractivity contribution in [3.8, 4) is 5.75 Å². The van der Waals surface area contributed by atoms with Gasteiger partial charge in [0.2, 0.25) is 15.8 Å². The number of hydrogen-bond donors (Lipinski definition) is 1. The molecule has 0 aliphatic rings. The van der Waals surface area contributed by atoms with Crippen LogP contribution in [0.15, 0.2) is 54.6 Å². The van der Waals surface area contributed by atoms with Crippen LogP contribution in [0, 0.1) is 0 Å². The molecule has 0 fully saturated rings. The van der Waals surface area contributed by atoms with Gasteiger partial charge < -0.3 is 9.47 Å². The summed E-state index contributed by atoms with van der Waals surface area (Å²) >= 11 is 0. The van der Waals surface area contributed by atoms with Crippen LogP contribution in [0.25, 0.3) is 0 Å². The number of hydrogen-bond acceptors (Lipinski definition) is 6. The fourth-order valence-electron chi connectivity index (χ4n) is 2.38. The molecule has 150 valence electrons. The van der Waals surface area contributed by atoms with Gasteiger partial charge in [0.25, 0.3) is 0 Å². The molecule has 0 bridgehead atoms. The number of anilines is 1. The van der Waals surface area contributed by atoms with E-state index in [9.17, 15) is 18.0 Å². The number of ketones is 1. The number of rotatable bonds is 10. The molecule has 1 atom stereocenters. The molecule has 0 saturated heterocycles. The zero-order valence-corrected chi connectivity index (χ0v) is 16.6. The normalized spacial score (nSPS) is 12.1. The number of Topliss-reactive ketones (excluding diaryl/α,β-unsaturated/α-hetero) is 1. The molecule has 0 aromatic heterocycles. The van der Waals surface area contributed by atoms with E-state index in [4.69, 9.17) is 9.47 Å². The van der Waals surface area contributed by atoms with Crippen molar-refractivity contribution >= 4 is 27.5 Å². The third kappa shape index (κ3) is 7.40. The summed E-state index contributed by atoms with van der Waals surface area (Å²) in [5.74, 6) is -0.110. The van der Waals surface area contributed by atoms with E-state index in [-0.39, 0.29) is 12.2 Å². The lowest BCUT2D eigenvalue weighted by atomic mass is 10.1. The topological polar surface area (TPSA) is 98.8 Å². The number of ether oxygens (including phenoxy) is 2. The van der Waals surface area contributed by atoms with Gasteiger partial charge in [0, 0.05) is 17.7 Å². The Labute approximate surface area is 164 Å². The molecular weight excluding hydrogens is 382 g/mol.